The average molecular weight is 244 g/mol. The Morgan fingerprint density at radius 2 is 2.18 bits per heavy atom. The predicted molar refractivity (Wildman–Crippen MR) is 70.0 cm³/mol. The van der Waals surface area contributed by atoms with Crippen molar-refractivity contribution in [3.63, 3.8) is 0 Å². The maximum absolute atomic E-state index is 9.63. The molecule has 0 radical (unpaired) electrons. The van der Waals surface area contributed by atoms with Gasteiger partial charge in [-0.05, 0) is 40.9 Å². The molecule has 86 valence electrons. The zero-order chi connectivity index (χ0) is 11.8. The van der Waals surface area contributed by atoms with Crippen LogP contribution in [-0.4, -0.2) is 14.9 Å². The highest BCUT2D eigenvalue weighted by Gasteiger charge is 2.08. The normalized spacial score (nSPS) is 13.1. The van der Waals surface area contributed by atoms with Gasteiger partial charge >= 0.3 is 0 Å². The molecule has 2 heterocycles. The van der Waals surface area contributed by atoms with E-state index in [1.807, 2.05) is 6.07 Å². The molecule has 17 heavy (non-hydrogen) atoms. The lowest BCUT2D eigenvalue weighted by Crippen LogP contribution is -2.04. The quantitative estimate of drug-likeness (QED) is 0.751. The molecule has 1 aromatic carbocycles. The van der Waals surface area contributed by atoms with Crippen molar-refractivity contribution in [3.05, 3.63) is 41.2 Å². The summed E-state index contributed by atoms with van der Waals surface area (Å²) in [4.78, 5) is 0. The summed E-state index contributed by atoms with van der Waals surface area (Å²) in [7, 11) is 0. The van der Waals surface area contributed by atoms with Gasteiger partial charge in [-0.1, -0.05) is 12.1 Å². The Labute approximate surface area is 103 Å². The van der Waals surface area contributed by atoms with E-state index in [4.69, 9.17) is 0 Å². The van der Waals surface area contributed by atoms with E-state index < -0.39 is 6.23 Å². The molecule has 0 bridgehead atoms. The van der Waals surface area contributed by atoms with Crippen LogP contribution in [0.4, 0.5) is 0 Å². The number of hydrogen-bond donors (Lipinski definition) is 1. The summed E-state index contributed by atoms with van der Waals surface area (Å²) in [5.74, 6) is 0. The van der Waals surface area contributed by atoms with Crippen molar-refractivity contribution in [3.8, 4) is 11.1 Å². The topological polar surface area (TPSA) is 38.0 Å². The van der Waals surface area contributed by atoms with Crippen molar-refractivity contribution in [2.24, 2.45) is 0 Å². The van der Waals surface area contributed by atoms with Crippen molar-refractivity contribution < 1.29 is 5.11 Å². The standard InChI is InChI=1S/C13H12N2OS/c1-9(16)15-13-6-10(12-4-5-17-8-12)2-3-11(13)7-14-15/h2-9,16H,1H3. The van der Waals surface area contributed by atoms with E-state index in [9.17, 15) is 5.11 Å². The summed E-state index contributed by atoms with van der Waals surface area (Å²) in [5.41, 5.74) is 3.32. The first-order valence-electron chi connectivity index (χ1n) is 5.43. The number of aliphatic hydroxyl groups is 1. The Kier molecular flexibility index (Phi) is 2.46. The van der Waals surface area contributed by atoms with Crippen LogP contribution in [0.1, 0.15) is 13.2 Å². The van der Waals surface area contributed by atoms with Crippen LogP contribution in [0.25, 0.3) is 22.0 Å². The SMILES string of the molecule is CC(O)n1ncc2ccc(-c3ccsc3)cc21. The highest BCUT2D eigenvalue weighted by Crippen LogP contribution is 2.26. The van der Waals surface area contributed by atoms with Gasteiger partial charge in [0.2, 0.25) is 0 Å². The minimum Gasteiger partial charge on any atom is -0.372 e. The number of benzene rings is 1. The van der Waals surface area contributed by atoms with E-state index in [0.717, 1.165) is 16.5 Å². The minimum absolute atomic E-state index is 0.606. The summed E-state index contributed by atoms with van der Waals surface area (Å²) in [6, 6.07) is 8.28. The van der Waals surface area contributed by atoms with Crippen LogP contribution >= 0.6 is 11.3 Å². The summed E-state index contributed by atoms with van der Waals surface area (Å²) >= 11 is 1.68. The number of rotatable bonds is 2. The molecule has 0 spiro atoms. The summed E-state index contributed by atoms with van der Waals surface area (Å²) in [6.45, 7) is 1.71. The van der Waals surface area contributed by atoms with Crippen LogP contribution in [0.3, 0.4) is 0 Å². The number of hydrogen-bond acceptors (Lipinski definition) is 3. The molecule has 3 rings (SSSR count). The van der Waals surface area contributed by atoms with Gasteiger partial charge in [0.1, 0.15) is 6.23 Å². The van der Waals surface area contributed by atoms with Crippen LogP contribution in [0.5, 0.6) is 0 Å². The van der Waals surface area contributed by atoms with Crippen LogP contribution in [-0.2, 0) is 0 Å². The number of aliphatic hydroxyl groups excluding tert-OH is 1. The minimum atomic E-state index is -0.606. The van der Waals surface area contributed by atoms with Gasteiger partial charge < -0.3 is 5.11 Å². The Morgan fingerprint density at radius 1 is 1.29 bits per heavy atom. The Morgan fingerprint density at radius 3 is 2.88 bits per heavy atom. The molecule has 1 N–H and O–H groups in total. The molecule has 0 aliphatic rings. The van der Waals surface area contributed by atoms with E-state index in [1.165, 1.54) is 5.56 Å². The van der Waals surface area contributed by atoms with Crippen LogP contribution in [0.2, 0.25) is 0 Å². The first-order valence-corrected chi connectivity index (χ1v) is 6.38. The first-order chi connectivity index (χ1) is 8.25. The fraction of sp³-hybridized carbons (Fsp3) is 0.154. The summed E-state index contributed by atoms with van der Waals surface area (Å²) in [5, 5.41) is 19.0. The first kappa shape index (κ1) is 10.5. The molecule has 0 fully saturated rings. The van der Waals surface area contributed by atoms with Gasteiger partial charge in [-0.3, -0.25) is 0 Å². The number of thiophene rings is 1. The average Bonchev–Trinajstić information content (AvgIpc) is 2.97. The number of nitrogens with zero attached hydrogens (tertiary/aromatic N) is 2. The maximum atomic E-state index is 9.63. The third-order valence-electron chi connectivity index (χ3n) is 2.81. The smallest absolute Gasteiger partial charge is 0.144 e. The van der Waals surface area contributed by atoms with E-state index in [1.54, 1.807) is 29.1 Å². The summed E-state index contributed by atoms with van der Waals surface area (Å²) < 4.78 is 1.63. The fourth-order valence-electron chi connectivity index (χ4n) is 1.94. The predicted octanol–water partition coefficient (Wildman–Crippen LogP) is 3.28. The van der Waals surface area contributed by atoms with Gasteiger partial charge in [0.15, 0.2) is 0 Å². The second-order valence-electron chi connectivity index (χ2n) is 4.01. The number of fused-ring (bicyclic) bond motifs is 1. The molecule has 3 nitrogen and oxygen atoms in total. The molecule has 1 unspecified atom stereocenters. The molecular weight excluding hydrogens is 232 g/mol. The lowest BCUT2D eigenvalue weighted by atomic mass is 10.1. The maximum Gasteiger partial charge on any atom is 0.144 e. The van der Waals surface area contributed by atoms with E-state index in [2.05, 4.69) is 34.1 Å². The van der Waals surface area contributed by atoms with E-state index in [-0.39, 0.29) is 0 Å². The van der Waals surface area contributed by atoms with E-state index in [0.29, 0.717) is 0 Å². The zero-order valence-electron chi connectivity index (χ0n) is 9.37. The van der Waals surface area contributed by atoms with Crippen molar-refractivity contribution in [1.82, 2.24) is 9.78 Å². The Hall–Kier alpha value is -1.65. The third-order valence-corrected chi connectivity index (χ3v) is 3.49. The molecule has 2 aromatic heterocycles. The third kappa shape index (κ3) is 1.75. The molecule has 0 saturated heterocycles. The van der Waals surface area contributed by atoms with E-state index >= 15 is 0 Å². The molecular formula is C13H12N2OS. The monoisotopic (exact) mass is 244 g/mol. The van der Waals surface area contributed by atoms with Crippen molar-refractivity contribution >= 4 is 22.2 Å². The van der Waals surface area contributed by atoms with Crippen molar-refractivity contribution in [2.45, 2.75) is 13.2 Å². The molecule has 3 aromatic rings. The van der Waals surface area contributed by atoms with Gasteiger partial charge in [-0.25, -0.2) is 4.68 Å². The molecule has 0 saturated carbocycles. The molecule has 0 aliphatic carbocycles. The highest BCUT2D eigenvalue weighted by atomic mass is 32.1. The molecule has 1 atom stereocenters. The van der Waals surface area contributed by atoms with Gasteiger partial charge in [0, 0.05) is 5.39 Å². The van der Waals surface area contributed by atoms with Gasteiger partial charge in [-0.15, -0.1) is 0 Å². The van der Waals surface area contributed by atoms with Gasteiger partial charge in [0.25, 0.3) is 0 Å². The molecule has 0 amide bonds. The van der Waals surface area contributed by atoms with Gasteiger partial charge in [-0.2, -0.15) is 16.4 Å². The highest BCUT2D eigenvalue weighted by molar-refractivity contribution is 7.08. The van der Waals surface area contributed by atoms with Crippen LogP contribution < -0.4 is 0 Å². The van der Waals surface area contributed by atoms with Crippen molar-refractivity contribution in [1.29, 1.82) is 0 Å². The second-order valence-corrected chi connectivity index (χ2v) is 4.79. The van der Waals surface area contributed by atoms with Crippen molar-refractivity contribution in [2.75, 3.05) is 0 Å². The fourth-order valence-corrected chi connectivity index (χ4v) is 2.61. The lowest BCUT2D eigenvalue weighted by Gasteiger charge is -2.07. The Balaban J connectivity index is 2.20. The van der Waals surface area contributed by atoms with Crippen LogP contribution in [0, 0.1) is 0 Å². The molecule has 0 aliphatic heterocycles. The molecule has 4 heteroatoms. The van der Waals surface area contributed by atoms with Crippen LogP contribution in [0.15, 0.2) is 41.2 Å². The zero-order valence-corrected chi connectivity index (χ0v) is 10.2. The summed E-state index contributed by atoms with van der Waals surface area (Å²) in [6.07, 6.45) is 1.17. The Bertz CT molecular complexity index is 641. The lowest BCUT2D eigenvalue weighted by molar-refractivity contribution is 0.115. The van der Waals surface area contributed by atoms with Gasteiger partial charge in [0.05, 0.1) is 11.7 Å². The number of aromatic nitrogens is 2. The second kappa shape index (κ2) is 3.98. The largest absolute Gasteiger partial charge is 0.372 e.